The zero-order chi connectivity index (χ0) is 7.61. The fourth-order valence-electron chi connectivity index (χ4n) is 0.849. The van der Waals surface area contributed by atoms with Crippen molar-refractivity contribution in [2.45, 2.75) is 0 Å². The highest BCUT2D eigenvalue weighted by Crippen LogP contribution is 2.01. The molecule has 0 bridgehead atoms. The first-order valence-corrected chi connectivity index (χ1v) is 4.97. The molecule has 0 radical (unpaired) electrons. The first-order chi connectivity index (χ1) is 4.64. The zero-order valence-electron chi connectivity index (χ0n) is 5.58. The van der Waals surface area contributed by atoms with E-state index in [1.54, 1.807) is 4.90 Å². The molecule has 1 saturated heterocycles. The minimum Gasteiger partial charge on any atom is -0.343 e. The SMILES string of the molecule is N=S1(=O)CCN(C=O)CC1. The van der Waals surface area contributed by atoms with E-state index in [0.29, 0.717) is 24.6 Å². The Balaban J connectivity index is 2.54. The predicted molar refractivity (Wildman–Crippen MR) is 38.2 cm³/mol. The molecule has 58 valence electrons. The number of hydrogen-bond acceptors (Lipinski definition) is 3. The largest absolute Gasteiger partial charge is 0.343 e. The molecule has 0 aromatic heterocycles. The topological polar surface area (TPSA) is 61.2 Å². The summed E-state index contributed by atoms with van der Waals surface area (Å²) in [6, 6.07) is 0. The summed E-state index contributed by atoms with van der Waals surface area (Å²) < 4.78 is 18.2. The Labute approximate surface area is 60.2 Å². The second-order valence-corrected chi connectivity index (χ2v) is 4.80. The molecule has 0 aromatic rings. The third-order valence-corrected chi connectivity index (χ3v) is 3.25. The second-order valence-electron chi connectivity index (χ2n) is 2.36. The van der Waals surface area contributed by atoms with Crippen LogP contribution in [-0.2, 0) is 14.5 Å². The number of carbonyl (C=O) groups excluding carboxylic acids is 1. The van der Waals surface area contributed by atoms with Gasteiger partial charge in [0.15, 0.2) is 0 Å². The van der Waals surface area contributed by atoms with Gasteiger partial charge in [-0.1, -0.05) is 0 Å². The van der Waals surface area contributed by atoms with Crippen LogP contribution in [0.15, 0.2) is 0 Å². The normalized spacial score (nSPS) is 24.2. The molecule has 10 heavy (non-hydrogen) atoms. The van der Waals surface area contributed by atoms with Gasteiger partial charge in [0.2, 0.25) is 6.41 Å². The highest BCUT2D eigenvalue weighted by atomic mass is 32.2. The van der Waals surface area contributed by atoms with E-state index < -0.39 is 9.73 Å². The van der Waals surface area contributed by atoms with Crippen LogP contribution >= 0.6 is 0 Å². The van der Waals surface area contributed by atoms with Crippen LogP contribution in [0, 0.1) is 4.78 Å². The molecule has 1 aliphatic heterocycles. The Kier molecular flexibility index (Phi) is 1.94. The highest BCUT2D eigenvalue weighted by Gasteiger charge is 2.16. The summed E-state index contributed by atoms with van der Waals surface area (Å²) in [5.74, 6) is 0.678. The van der Waals surface area contributed by atoms with E-state index in [4.69, 9.17) is 4.78 Å². The predicted octanol–water partition coefficient (Wildman–Crippen LogP) is -0.495. The summed E-state index contributed by atoms with van der Waals surface area (Å²) in [7, 11) is -2.33. The average molecular weight is 162 g/mol. The Morgan fingerprint density at radius 3 is 2.30 bits per heavy atom. The van der Waals surface area contributed by atoms with Crippen molar-refractivity contribution in [2.75, 3.05) is 24.6 Å². The Morgan fingerprint density at radius 2 is 1.90 bits per heavy atom. The van der Waals surface area contributed by atoms with E-state index in [2.05, 4.69) is 0 Å². The van der Waals surface area contributed by atoms with Crippen molar-refractivity contribution < 1.29 is 9.00 Å². The Bertz CT molecular complexity index is 208. The monoisotopic (exact) mass is 162 g/mol. The van der Waals surface area contributed by atoms with Crippen molar-refractivity contribution in [3.05, 3.63) is 0 Å². The molecule has 0 unspecified atom stereocenters. The molecule has 0 saturated carbocycles. The molecule has 1 fully saturated rings. The lowest BCUT2D eigenvalue weighted by atomic mass is 10.5. The number of hydrogen-bond donors (Lipinski definition) is 1. The van der Waals surface area contributed by atoms with Gasteiger partial charge in [0, 0.05) is 34.3 Å². The van der Waals surface area contributed by atoms with E-state index in [0.717, 1.165) is 6.41 Å². The summed E-state index contributed by atoms with van der Waals surface area (Å²) in [4.78, 5) is 11.7. The van der Waals surface area contributed by atoms with Gasteiger partial charge in [0.05, 0.1) is 0 Å². The first-order valence-electron chi connectivity index (χ1n) is 3.07. The molecule has 0 aromatic carbocycles. The van der Waals surface area contributed by atoms with Crippen LogP contribution in [0.3, 0.4) is 0 Å². The van der Waals surface area contributed by atoms with Gasteiger partial charge in [-0.2, -0.15) is 0 Å². The van der Waals surface area contributed by atoms with Gasteiger partial charge < -0.3 is 4.90 Å². The third-order valence-electron chi connectivity index (χ3n) is 1.57. The summed E-state index contributed by atoms with van der Waals surface area (Å²) >= 11 is 0. The van der Waals surface area contributed by atoms with Crippen LogP contribution in [-0.4, -0.2) is 40.1 Å². The van der Waals surface area contributed by atoms with Gasteiger partial charge >= 0.3 is 0 Å². The fraction of sp³-hybridized carbons (Fsp3) is 0.800. The zero-order valence-corrected chi connectivity index (χ0v) is 6.39. The number of nitrogens with zero attached hydrogens (tertiary/aromatic N) is 1. The van der Waals surface area contributed by atoms with Crippen LogP contribution in [0.4, 0.5) is 0 Å². The number of carbonyl (C=O) groups is 1. The number of amides is 1. The van der Waals surface area contributed by atoms with E-state index >= 15 is 0 Å². The van der Waals surface area contributed by atoms with E-state index in [9.17, 15) is 9.00 Å². The molecule has 4 nitrogen and oxygen atoms in total. The molecule has 1 heterocycles. The van der Waals surface area contributed by atoms with Gasteiger partial charge in [0.25, 0.3) is 0 Å². The summed E-state index contributed by atoms with van der Waals surface area (Å²) in [5, 5.41) is 0. The van der Waals surface area contributed by atoms with Gasteiger partial charge in [-0.3, -0.25) is 9.57 Å². The quantitative estimate of drug-likeness (QED) is 0.529. The summed E-state index contributed by atoms with van der Waals surface area (Å²) in [6.45, 7) is 0.956. The molecule has 0 aliphatic carbocycles. The molecule has 0 atom stereocenters. The van der Waals surface area contributed by atoms with Gasteiger partial charge in [0.1, 0.15) is 0 Å². The molecular formula is C5H10N2O2S. The van der Waals surface area contributed by atoms with Crippen LogP contribution in [0.5, 0.6) is 0 Å². The Hall–Kier alpha value is -0.580. The van der Waals surface area contributed by atoms with E-state index in [1.807, 2.05) is 0 Å². The summed E-state index contributed by atoms with van der Waals surface area (Å²) in [6.07, 6.45) is 0.745. The maximum atomic E-state index is 11.0. The van der Waals surface area contributed by atoms with Crippen molar-refractivity contribution in [1.82, 2.24) is 4.90 Å². The van der Waals surface area contributed by atoms with Gasteiger partial charge in [-0.05, 0) is 0 Å². The maximum absolute atomic E-state index is 11.0. The lowest BCUT2D eigenvalue weighted by Gasteiger charge is -2.23. The third kappa shape index (κ3) is 1.70. The van der Waals surface area contributed by atoms with Crippen molar-refractivity contribution in [1.29, 1.82) is 4.78 Å². The number of nitrogens with one attached hydrogen (secondary N) is 1. The van der Waals surface area contributed by atoms with Crippen molar-refractivity contribution >= 4 is 16.1 Å². The molecule has 1 rings (SSSR count). The van der Waals surface area contributed by atoms with Gasteiger partial charge in [-0.25, -0.2) is 4.21 Å². The highest BCUT2D eigenvalue weighted by molar-refractivity contribution is 7.92. The van der Waals surface area contributed by atoms with Crippen molar-refractivity contribution in [3.8, 4) is 0 Å². The van der Waals surface area contributed by atoms with E-state index in [-0.39, 0.29) is 0 Å². The van der Waals surface area contributed by atoms with Crippen LogP contribution in [0.1, 0.15) is 0 Å². The molecule has 5 heteroatoms. The van der Waals surface area contributed by atoms with Crippen LogP contribution < -0.4 is 0 Å². The van der Waals surface area contributed by atoms with Crippen LogP contribution in [0.2, 0.25) is 0 Å². The van der Waals surface area contributed by atoms with E-state index in [1.165, 1.54) is 0 Å². The lowest BCUT2D eigenvalue weighted by molar-refractivity contribution is -0.117. The first kappa shape index (κ1) is 7.53. The fourth-order valence-corrected chi connectivity index (χ4v) is 2.11. The van der Waals surface area contributed by atoms with Crippen LogP contribution in [0.25, 0.3) is 0 Å². The lowest BCUT2D eigenvalue weighted by Crippen LogP contribution is -2.38. The second kappa shape index (κ2) is 2.57. The molecule has 1 amide bonds. The molecule has 1 aliphatic rings. The minimum atomic E-state index is -2.33. The standard InChI is InChI=1S/C5H10N2O2S/c6-10(9)3-1-7(5-8)2-4-10/h5-6H,1-4H2. The minimum absolute atomic E-state index is 0.339. The van der Waals surface area contributed by atoms with Gasteiger partial charge in [-0.15, -0.1) is 0 Å². The molecule has 1 N–H and O–H groups in total. The number of rotatable bonds is 1. The molecule has 0 spiro atoms. The van der Waals surface area contributed by atoms with Crippen molar-refractivity contribution in [2.24, 2.45) is 0 Å². The average Bonchev–Trinajstić information content (AvgIpc) is 1.88. The maximum Gasteiger partial charge on any atom is 0.209 e. The molecular weight excluding hydrogens is 152 g/mol. The Morgan fingerprint density at radius 1 is 1.40 bits per heavy atom. The van der Waals surface area contributed by atoms with Crippen molar-refractivity contribution in [3.63, 3.8) is 0 Å². The smallest absolute Gasteiger partial charge is 0.209 e. The summed E-state index contributed by atoms with van der Waals surface area (Å²) in [5.41, 5.74) is 0.